The lowest BCUT2D eigenvalue weighted by Gasteiger charge is -2.50. The maximum Gasteiger partial charge on any atom is 0.309 e. The van der Waals surface area contributed by atoms with Crippen LogP contribution < -0.4 is 0 Å². The molecule has 0 bridgehead atoms. The van der Waals surface area contributed by atoms with Crippen molar-refractivity contribution in [1.29, 1.82) is 0 Å². The molecule has 5 nitrogen and oxygen atoms in total. The normalized spacial score (nSPS) is 42.5. The van der Waals surface area contributed by atoms with Gasteiger partial charge in [0.2, 0.25) is 0 Å². The molecule has 114 valence electrons. The second kappa shape index (κ2) is 5.47. The number of aliphatic hydroxyl groups excluding tert-OH is 3. The first-order chi connectivity index (χ1) is 9.29. The lowest BCUT2D eigenvalue weighted by Crippen LogP contribution is -2.47. The molecule has 0 aromatic carbocycles. The van der Waals surface area contributed by atoms with Crippen molar-refractivity contribution in [1.82, 2.24) is 0 Å². The molecule has 6 atom stereocenters. The summed E-state index contributed by atoms with van der Waals surface area (Å²) in [6, 6.07) is 0. The number of hydrogen-bond donors (Lipinski definition) is 4. The third-order valence-electron chi connectivity index (χ3n) is 5.40. The van der Waals surface area contributed by atoms with Gasteiger partial charge >= 0.3 is 5.97 Å². The first kappa shape index (κ1) is 15.5. The van der Waals surface area contributed by atoms with Crippen molar-refractivity contribution in [3.63, 3.8) is 0 Å². The zero-order valence-electron chi connectivity index (χ0n) is 12.0. The average molecular weight is 284 g/mol. The minimum Gasteiger partial charge on any atom is -0.481 e. The van der Waals surface area contributed by atoms with Crippen molar-refractivity contribution >= 4 is 5.97 Å². The number of carboxylic acids is 1. The zero-order valence-corrected chi connectivity index (χ0v) is 12.0. The molecule has 0 heterocycles. The predicted molar refractivity (Wildman–Crippen MR) is 72.9 cm³/mol. The molecule has 6 unspecified atom stereocenters. The van der Waals surface area contributed by atoms with Gasteiger partial charge in [-0.05, 0) is 30.6 Å². The van der Waals surface area contributed by atoms with Crippen LogP contribution in [0.15, 0.2) is 11.6 Å². The van der Waals surface area contributed by atoms with Gasteiger partial charge in [0.25, 0.3) is 0 Å². The molecule has 0 spiro atoms. The summed E-state index contributed by atoms with van der Waals surface area (Å²) in [5.74, 6) is -2.27. The van der Waals surface area contributed by atoms with E-state index in [0.29, 0.717) is 19.3 Å². The minimum atomic E-state index is -1.07. The largest absolute Gasteiger partial charge is 0.481 e. The van der Waals surface area contributed by atoms with Crippen LogP contribution in [0.1, 0.15) is 33.1 Å². The van der Waals surface area contributed by atoms with Crippen molar-refractivity contribution in [2.75, 3.05) is 6.61 Å². The van der Waals surface area contributed by atoms with Crippen molar-refractivity contribution in [2.45, 2.75) is 45.3 Å². The van der Waals surface area contributed by atoms with Crippen LogP contribution in [-0.4, -0.2) is 45.2 Å². The molecule has 0 saturated heterocycles. The Balaban J connectivity index is 2.32. The van der Waals surface area contributed by atoms with Gasteiger partial charge < -0.3 is 20.4 Å². The van der Waals surface area contributed by atoms with Gasteiger partial charge in [-0.1, -0.05) is 25.5 Å². The van der Waals surface area contributed by atoms with Crippen molar-refractivity contribution in [3.8, 4) is 0 Å². The molecule has 1 fully saturated rings. The van der Waals surface area contributed by atoms with Crippen molar-refractivity contribution in [3.05, 3.63) is 11.6 Å². The number of rotatable bonds is 3. The van der Waals surface area contributed by atoms with Crippen LogP contribution in [0.25, 0.3) is 0 Å². The van der Waals surface area contributed by atoms with Gasteiger partial charge in [-0.15, -0.1) is 0 Å². The Labute approximate surface area is 118 Å². The molecule has 2 aliphatic rings. The standard InChI is InChI=1S/C15H24O5/c1-8-3-10(17)4-9-5-13(18)11(6-15(8,9)2)12(7-16)14(19)20/h5,8,10-13,16-18H,3-4,6-7H2,1-2H3,(H,19,20). The highest BCUT2D eigenvalue weighted by Crippen LogP contribution is 2.53. The van der Waals surface area contributed by atoms with E-state index < -0.39 is 30.5 Å². The molecular formula is C15H24O5. The molecule has 0 aromatic heterocycles. The van der Waals surface area contributed by atoms with E-state index in [9.17, 15) is 25.2 Å². The van der Waals surface area contributed by atoms with Crippen LogP contribution in [0.2, 0.25) is 0 Å². The van der Waals surface area contributed by atoms with Crippen LogP contribution in [0.3, 0.4) is 0 Å². The van der Waals surface area contributed by atoms with E-state index in [4.69, 9.17) is 0 Å². The summed E-state index contributed by atoms with van der Waals surface area (Å²) < 4.78 is 0. The Morgan fingerprint density at radius 2 is 2.15 bits per heavy atom. The number of fused-ring (bicyclic) bond motifs is 1. The van der Waals surface area contributed by atoms with E-state index in [2.05, 4.69) is 13.8 Å². The third kappa shape index (κ3) is 2.50. The SMILES string of the molecule is CC1CC(O)CC2=CC(O)C(C(CO)C(=O)O)CC21C. The molecule has 2 rings (SSSR count). The molecule has 4 N–H and O–H groups in total. The molecule has 5 heteroatoms. The van der Waals surface area contributed by atoms with Gasteiger partial charge in [0.15, 0.2) is 0 Å². The number of aliphatic carboxylic acids is 1. The van der Waals surface area contributed by atoms with E-state index >= 15 is 0 Å². The number of carbonyl (C=O) groups is 1. The minimum absolute atomic E-state index is 0.202. The summed E-state index contributed by atoms with van der Waals surface area (Å²) in [5.41, 5.74) is 0.820. The van der Waals surface area contributed by atoms with Crippen molar-refractivity contribution < 1.29 is 25.2 Å². The molecule has 0 aliphatic heterocycles. The highest BCUT2D eigenvalue weighted by Gasteiger charge is 2.48. The number of carboxylic acid groups (broad SMARTS) is 1. The van der Waals surface area contributed by atoms with Crippen LogP contribution in [0.5, 0.6) is 0 Å². The molecule has 1 saturated carbocycles. The lowest BCUT2D eigenvalue weighted by molar-refractivity contribution is -0.148. The maximum absolute atomic E-state index is 11.2. The molecule has 0 radical (unpaired) electrons. The third-order valence-corrected chi connectivity index (χ3v) is 5.40. The monoisotopic (exact) mass is 284 g/mol. The van der Waals surface area contributed by atoms with Crippen LogP contribution >= 0.6 is 0 Å². The van der Waals surface area contributed by atoms with E-state index in [1.54, 1.807) is 6.08 Å². The first-order valence-corrected chi connectivity index (χ1v) is 7.20. The zero-order chi connectivity index (χ0) is 15.1. The van der Waals surface area contributed by atoms with Gasteiger partial charge in [0.1, 0.15) is 0 Å². The lowest BCUT2D eigenvalue weighted by atomic mass is 9.56. The molecule has 20 heavy (non-hydrogen) atoms. The number of aliphatic hydroxyl groups is 3. The fraction of sp³-hybridized carbons (Fsp3) is 0.800. The highest BCUT2D eigenvalue weighted by atomic mass is 16.4. The van der Waals surface area contributed by atoms with Gasteiger partial charge in [-0.3, -0.25) is 4.79 Å². The summed E-state index contributed by atoms with van der Waals surface area (Å²) >= 11 is 0. The fourth-order valence-electron chi connectivity index (χ4n) is 3.86. The summed E-state index contributed by atoms with van der Waals surface area (Å²) in [6.07, 6.45) is 2.21. The Bertz CT molecular complexity index is 418. The average Bonchev–Trinajstić information content (AvgIpc) is 2.33. The Kier molecular flexibility index (Phi) is 4.23. The topological polar surface area (TPSA) is 98.0 Å². The van der Waals surface area contributed by atoms with Gasteiger partial charge in [0.05, 0.1) is 24.7 Å². The van der Waals surface area contributed by atoms with Gasteiger partial charge in [-0.25, -0.2) is 0 Å². The Morgan fingerprint density at radius 1 is 1.50 bits per heavy atom. The molecule has 2 aliphatic carbocycles. The maximum atomic E-state index is 11.2. The van der Waals surface area contributed by atoms with E-state index in [0.717, 1.165) is 5.57 Å². The van der Waals surface area contributed by atoms with Crippen molar-refractivity contribution in [2.24, 2.45) is 23.2 Å². The summed E-state index contributed by atoms with van der Waals surface area (Å²) in [5, 5.41) is 38.6. The first-order valence-electron chi connectivity index (χ1n) is 7.20. The molecule has 0 aromatic rings. The van der Waals surface area contributed by atoms with E-state index in [1.165, 1.54) is 0 Å². The van der Waals surface area contributed by atoms with Crippen LogP contribution in [0.4, 0.5) is 0 Å². The van der Waals surface area contributed by atoms with Gasteiger partial charge in [0, 0.05) is 5.92 Å². The molecular weight excluding hydrogens is 260 g/mol. The highest BCUT2D eigenvalue weighted by molar-refractivity contribution is 5.70. The van der Waals surface area contributed by atoms with Crippen LogP contribution in [0, 0.1) is 23.2 Å². The van der Waals surface area contributed by atoms with E-state index in [1.807, 2.05) is 0 Å². The summed E-state index contributed by atoms with van der Waals surface area (Å²) in [6.45, 7) is 3.66. The Hall–Kier alpha value is -0.910. The predicted octanol–water partition coefficient (Wildman–Crippen LogP) is 0.784. The summed E-state index contributed by atoms with van der Waals surface area (Å²) in [7, 11) is 0. The van der Waals surface area contributed by atoms with E-state index in [-0.39, 0.29) is 17.4 Å². The Morgan fingerprint density at radius 3 is 2.70 bits per heavy atom. The quantitative estimate of drug-likeness (QED) is 0.574. The fourth-order valence-corrected chi connectivity index (χ4v) is 3.86. The summed E-state index contributed by atoms with van der Waals surface area (Å²) in [4.78, 5) is 11.2. The van der Waals surface area contributed by atoms with Crippen LogP contribution in [-0.2, 0) is 4.79 Å². The smallest absolute Gasteiger partial charge is 0.309 e. The van der Waals surface area contributed by atoms with Gasteiger partial charge in [-0.2, -0.15) is 0 Å². The second-order valence-corrected chi connectivity index (χ2v) is 6.59. The number of hydrogen-bond acceptors (Lipinski definition) is 4. The molecule has 0 amide bonds. The second-order valence-electron chi connectivity index (χ2n) is 6.59.